The molecular formula is C19H28O4. The molecule has 0 heterocycles. The van der Waals surface area contributed by atoms with Gasteiger partial charge in [-0.15, -0.1) is 0 Å². The number of benzene rings is 1. The van der Waals surface area contributed by atoms with Gasteiger partial charge in [0.1, 0.15) is 0 Å². The monoisotopic (exact) mass is 320 g/mol. The van der Waals surface area contributed by atoms with E-state index in [1.807, 2.05) is 13.0 Å². The molecule has 0 saturated heterocycles. The van der Waals surface area contributed by atoms with Crippen LogP contribution in [-0.2, 0) is 11.2 Å². The van der Waals surface area contributed by atoms with Crippen LogP contribution >= 0.6 is 0 Å². The third-order valence-electron chi connectivity index (χ3n) is 3.70. The van der Waals surface area contributed by atoms with Crippen LogP contribution in [0.5, 0.6) is 11.5 Å². The Labute approximate surface area is 138 Å². The van der Waals surface area contributed by atoms with Gasteiger partial charge in [-0.25, -0.2) is 0 Å². The van der Waals surface area contributed by atoms with Crippen LogP contribution in [0.2, 0.25) is 0 Å². The summed E-state index contributed by atoms with van der Waals surface area (Å²) < 4.78 is 5.05. The van der Waals surface area contributed by atoms with Crippen molar-refractivity contribution >= 4 is 5.78 Å². The molecule has 0 fully saturated rings. The van der Waals surface area contributed by atoms with Gasteiger partial charge in [-0.1, -0.05) is 25.0 Å². The Hall–Kier alpha value is -1.81. The molecule has 0 radical (unpaired) electrons. The Kier molecular flexibility index (Phi) is 9.07. The highest BCUT2D eigenvalue weighted by Gasteiger charge is 2.04. The van der Waals surface area contributed by atoms with Crippen LogP contribution in [0.25, 0.3) is 0 Å². The van der Waals surface area contributed by atoms with Crippen LogP contribution in [0, 0.1) is 0 Å². The maximum atomic E-state index is 11.8. The normalized spacial score (nSPS) is 12.5. The van der Waals surface area contributed by atoms with E-state index in [1.165, 1.54) is 7.11 Å². The number of ether oxygens (including phenoxy) is 1. The molecule has 2 N–H and O–H groups in total. The van der Waals surface area contributed by atoms with Gasteiger partial charge in [-0.3, -0.25) is 4.79 Å². The highest BCUT2D eigenvalue weighted by Crippen LogP contribution is 2.26. The van der Waals surface area contributed by atoms with Crippen molar-refractivity contribution in [3.8, 4) is 11.5 Å². The fourth-order valence-corrected chi connectivity index (χ4v) is 2.32. The number of hydrogen-bond acceptors (Lipinski definition) is 4. The van der Waals surface area contributed by atoms with E-state index < -0.39 is 0 Å². The summed E-state index contributed by atoms with van der Waals surface area (Å²) in [5.41, 5.74) is 0.972. The van der Waals surface area contributed by atoms with Crippen molar-refractivity contribution < 1.29 is 19.7 Å². The predicted octanol–water partition coefficient (Wildman–Crippen LogP) is 3.79. The fourth-order valence-electron chi connectivity index (χ4n) is 2.32. The molecule has 23 heavy (non-hydrogen) atoms. The van der Waals surface area contributed by atoms with Crippen molar-refractivity contribution in [1.82, 2.24) is 0 Å². The Morgan fingerprint density at radius 2 is 2.09 bits per heavy atom. The van der Waals surface area contributed by atoms with E-state index in [2.05, 4.69) is 0 Å². The predicted molar refractivity (Wildman–Crippen MR) is 91.9 cm³/mol. The lowest BCUT2D eigenvalue weighted by molar-refractivity contribution is -0.114. The number of phenols is 1. The van der Waals surface area contributed by atoms with Crippen molar-refractivity contribution in [3.63, 3.8) is 0 Å². The Balaban J connectivity index is 2.22. The van der Waals surface area contributed by atoms with Crippen LogP contribution in [0.1, 0.15) is 51.0 Å². The minimum Gasteiger partial charge on any atom is -0.504 e. The molecule has 1 rings (SSSR count). The zero-order valence-electron chi connectivity index (χ0n) is 14.1. The van der Waals surface area contributed by atoms with Crippen molar-refractivity contribution in [2.24, 2.45) is 0 Å². The molecule has 1 aromatic carbocycles. The van der Waals surface area contributed by atoms with E-state index in [-0.39, 0.29) is 17.6 Å². The van der Waals surface area contributed by atoms with Gasteiger partial charge >= 0.3 is 0 Å². The summed E-state index contributed by atoms with van der Waals surface area (Å²) in [5, 5.41) is 18.7. The van der Waals surface area contributed by atoms with Gasteiger partial charge in [0.25, 0.3) is 0 Å². The summed E-state index contributed by atoms with van der Waals surface area (Å²) >= 11 is 0. The second-order valence-corrected chi connectivity index (χ2v) is 5.86. The quantitative estimate of drug-likeness (QED) is 0.481. The summed E-state index contributed by atoms with van der Waals surface area (Å²) in [6.45, 7) is 1.81. The minimum atomic E-state index is -0.217. The molecule has 0 aliphatic rings. The number of aliphatic hydroxyl groups is 1. The highest BCUT2D eigenvalue weighted by atomic mass is 16.5. The fraction of sp³-hybridized carbons (Fsp3) is 0.526. The zero-order chi connectivity index (χ0) is 17.1. The number of methoxy groups -OCH3 is 1. The Bertz CT molecular complexity index is 506. The number of phenolic OH excluding ortho intramolecular Hbond substituents is 1. The molecule has 0 aliphatic carbocycles. The summed E-state index contributed by atoms with van der Waals surface area (Å²) in [7, 11) is 1.51. The highest BCUT2D eigenvalue weighted by molar-refractivity contribution is 5.89. The maximum Gasteiger partial charge on any atom is 0.160 e. The molecule has 0 saturated carbocycles. The van der Waals surface area contributed by atoms with Crippen LogP contribution in [-0.4, -0.2) is 29.2 Å². The number of aryl methyl sites for hydroxylation is 1. The molecule has 128 valence electrons. The molecule has 0 bridgehead atoms. The summed E-state index contributed by atoms with van der Waals surface area (Å²) in [6.07, 6.45) is 9.36. The average molecular weight is 320 g/mol. The molecular weight excluding hydrogens is 292 g/mol. The van der Waals surface area contributed by atoms with Crippen LogP contribution < -0.4 is 4.74 Å². The van der Waals surface area contributed by atoms with E-state index in [0.29, 0.717) is 18.6 Å². The number of aromatic hydroxyl groups is 1. The van der Waals surface area contributed by atoms with Crippen molar-refractivity contribution in [2.45, 2.75) is 58.0 Å². The molecule has 1 aromatic rings. The molecule has 4 heteroatoms. The topological polar surface area (TPSA) is 66.8 Å². The SMILES string of the molecule is COc1cc(CCC(=O)C=CCCCCC[C@H](C)O)ccc1O. The molecule has 0 aliphatic heterocycles. The van der Waals surface area contributed by atoms with Gasteiger partial charge in [0.15, 0.2) is 17.3 Å². The number of carbonyl (C=O) groups excluding carboxylic acids is 1. The summed E-state index contributed by atoms with van der Waals surface area (Å²) in [4.78, 5) is 11.8. The molecule has 0 aromatic heterocycles. The summed E-state index contributed by atoms with van der Waals surface area (Å²) in [6, 6.07) is 5.15. The van der Waals surface area contributed by atoms with Crippen LogP contribution in [0.15, 0.2) is 30.4 Å². The molecule has 0 spiro atoms. The lowest BCUT2D eigenvalue weighted by atomic mass is 10.1. The molecule has 0 unspecified atom stereocenters. The van der Waals surface area contributed by atoms with Crippen LogP contribution in [0.4, 0.5) is 0 Å². The first-order chi connectivity index (χ1) is 11.0. The lowest BCUT2D eigenvalue weighted by Crippen LogP contribution is -1.98. The van der Waals surface area contributed by atoms with Gasteiger partial charge in [0, 0.05) is 6.42 Å². The van der Waals surface area contributed by atoms with E-state index in [9.17, 15) is 9.90 Å². The smallest absolute Gasteiger partial charge is 0.160 e. The first-order valence-electron chi connectivity index (χ1n) is 8.26. The Morgan fingerprint density at radius 3 is 2.78 bits per heavy atom. The van der Waals surface area contributed by atoms with Gasteiger partial charge in [0.2, 0.25) is 0 Å². The zero-order valence-corrected chi connectivity index (χ0v) is 14.1. The van der Waals surface area contributed by atoms with Gasteiger partial charge < -0.3 is 14.9 Å². The average Bonchev–Trinajstić information content (AvgIpc) is 2.52. The number of ketones is 1. The first-order valence-corrected chi connectivity index (χ1v) is 8.26. The number of carbonyl (C=O) groups is 1. The number of rotatable bonds is 11. The summed E-state index contributed by atoms with van der Waals surface area (Å²) in [5.74, 6) is 0.654. The van der Waals surface area contributed by atoms with Crippen LogP contribution in [0.3, 0.4) is 0 Å². The number of aliphatic hydroxyl groups excluding tert-OH is 1. The largest absolute Gasteiger partial charge is 0.504 e. The van der Waals surface area contributed by atoms with Gasteiger partial charge in [0.05, 0.1) is 13.2 Å². The van der Waals surface area contributed by atoms with Crippen molar-refractivity contribution in [1.29, 1.82) is 0 Å². The molecule has 0 amide bonds. The number of unbranched alkanes of at least 4 members (excludes halogenated alkanes) is 3. The standard InChI is InChI=1S/C19H28O4/c1-15(20)8-6-4-3-5-7-9-17(21)12-10-16-11-13-18(22)19(14-16)23-2/h7,9,11,13-15,20,22H,3-6,8,10,12H2,1-2H3/t15-/m0/s1. The van der Waals surface area contributed by atoms with E-state index in [1.54, 1.807) is 24.3 Å². The van der Waals surface area contributed by atoms with E-state index >= 15 is 0 Å². The molecule has 1 atom stereocenters. The number of hydrogen-bond donors (Lipinski definition) is 2. The molecule has 4 nitrogen and oxygen atoms in total. The minimum absolute atomic E-state index is 0.109. The first kappa shape index (κ1) is 19.2. The maximum absolute atomic E-state index is 11.8. The van der Waals surface area contributed by atoms with E-state index in [0.717, 1.165) is 37.7 Å². The second-order valence-electron chi connectivity index (χ2n) is 5.86. The third-order valence-corrected chi connectivity index (χ3v) is 3.70. The van der Waals surface area contributed by atoms with Crippen molar-refractivity contribution in [3.05, 3.63) is 35.9 Å². The van der Waals surface area contributed by atoms with Crippen molar-refractivity contribution in [2.75, 3.05) is 7.11 Å². The lowest BCUT2D eigenvalue weighted by Gasteiger charge is -2.05. The van der Waals surface area contributed by atoms with Gasteiger partial charge in [-0.05, 0) is 56.4 Å². The second kappa shape index (κ2) is 10.8. The van der Waals surface area contributed by atoms with E-state index in [4.69, 9.17) is 9.84 Å². The number of allylic oxidation sites excluding steroid dienone is 2. The third kappa shape index (κ3) is 8.41. The van der Waals surface area contributed by atoms with Gasteiger partial charge in [-0.2, -0.15) is 0 Å². The Morgan fingerprint density at radius 1 is 1.30 bits per heavy atom.